The average Bonchev–Trinajstić information content (AvgIpc) is 2.61. The van der Waals surface area contributed by atoms with Gasteiger partial charge in [-0.05, 0) is 36.2 Å². The highest BCUT2D eigenvalue weighted by Gasteiger charge is 2.12. The summed E-state index contributed by atoms with van der Waals surface area (Å²) in [5, 5.41) is 3.11. The fourth-order valence-corrected chi connectivity index (χ4v) is 3.17. The van der Waals surface area contributed by atoms with E-state index in [2.05, 4.69) is 24.4 Å². The van der Waals surface area contributed by atoms with Gasteiger partial charge in [-0.1, -0.05) is 37.3 Å². The van der Waals surface area contributed by atoms with E-state index >= 15 is 0 Å². The molecule has 2 aromatic rings. The van der Waals surface area contributed by atoms with Crippen LogP contribution in [0.5, 0.6) is 5.75 Å². The van der Waals surface area contributed by atoms with E-state index < -0.39 is 0 Å². The number of rotatable bonds is 8. The standard InChI is InChI=1S/C19H23NO2S/c1-3-18(15-9-11-16(22-2)12-10-15)20-19(21)13-14-23-17-7-5-4-6-8-17/h4-12,18H,3,13-14H2,1-2H3,(H,20,21)/t18-/m0/s1. The van der Waals surface area contributed by atoms with Crippen LogP contribution in [0.2, 0.25) is 0 Å². The van der Waals surface area contributed by atoms with Crippen molar-refractivity contribution in [2.45, 2.75) is 30.7 Å². The van der Waals surface area contributed by atoms with E-state index in [1.807, 2.05) is 42.5 Å². The summed E-state index contributed by atoms with van der Waals surface area (Å²) in [6.07, 6.45) is 1.39. The Balaban J connectivity index is 1.82. The quantitative estimate of drug-likeness (QED) is 0.727. The molecule has 0 aromatic heterocycles. The zero-order valence-electron chi connectivity index (χ0n) is 13.6. The summed E-state index contributed by atoms with van der Waals surface area (Å²) in [5.41, 5.74) is 1.11. The first kappa shape index (κ1) is 17.4. The molecule has 0 radical (unpaired) electrons. The third-order valence-corrected chi connectivity index (χ3v) is 4.62. The summed E-state index contributed by atoms with van der Waals surface area (Å²) in [5.74, 6) is 1.71. The van der Waals surface area contributed by atoms with Crippen molar-refractivity contribution in [1.82, 2.24) is 5.32 Å². The van der Waals surface area contributed by atoms with Gasteiger partial charge in [-0.15, -0.1) is 11.8 Å². The van der Waals surface area contributed by atoms with Gasteiger partial charge in [0.2, 0.25) is 5.91 Å². The topological polar surface area (TPSA) is 38.3 Å². The SMILES string of the molecule is CC[C@H](NC(=O)CCSc1ccccc1)c1ccc(OC)cc1. The average molecular weight is 329 g/mol. The Kier molecular flexibility index (Phi) is 7.01. The molecule has 1 N–H and O–H groups in total. The van der Waals surface area contributed by atoms with Crippen LogP contribution in [0.15, 0.2) is 59.5 Å². The molecular formula is C19H23NO2S. The summed E-state index contributed by atoms with van der Waals surface area (Å²) >= 11 is 1.71. The van der Waals surface area contributed by atoms with E-state index in [0.29, 0.717) is 6.42 Å². The fraction of sp³-hybridized carbons (Fsp3) is 0.316. The molecule has 2 aromatic carbocycles. The number of amides is 1. The summed E-state index contributed by atoms with van der Waals surface area (Å²) in [6.45, 7) is 2.08. The molecule has 0 saturated heterocycles. The molecule has 23 heavy (non-hydrogen) atoms. The number of ether oxygens (including phenoxy) is 1. The predicted molar refractivity (Wildman–Crippen MR) is 96.0 cm³/mol. The van der Waals surface area contributed by atoms with Crippen LogP contribution < -0.4 is 10.1 Å². The van der Waals surface area contributed by atoms with Gasteiger partial charge in [-0.25, -0.2) is 0 Å². The Morgan fingerprint density at radius 1 is 1.13 bits per heavy atom. The number of carbonyl (C=O) groups excluding carboxylic acids is 1. The van der Waals surface area contributed by atoms with Crippen molar-refractivity contribution in [2.75, 3.05) is 12.9 Å². The zero-order chi connectivity index (χ0) is 16.5. The normalized spacial score (nSPS) is 11.7. The van der Waals surface area contributed by atoms with E-state index in [9.17, 15) is 4.79 Å². The molecule has 0 heterocycles. The maximum Gasteiger partial charge on any atom is 0.221 e. The van der Waals surface area contributed by atoms with Crippen LogP contribution in [-0.2, 0) is 4.79 Å². The lowest BCUT2D eigenvalue weighted by atomic mass is 10.0. The zero-order valence-corrected chi connectivity index (χ0v) is 14.4. The Morgan fingerprint density at radius 2 is 1.83 bits per heavy atom. The van der Waals surface area contributed by atoms with E-state index in [0.717, 1.165) is 23.5 Å². The highest BCUT2D eigenvalue weighted by atomic mass is 32.2. The molecule has 4 heteroatoms. The van der Waals surface area contributed by atoms with Crippen molar-refractivity contribution in [3.05, 3.63) is 60.2 Å². The van der Waals surface area contributed by atoms with Crippen LogP contribution >= 0.6 is 11.8 Å². The fourth-order valence-electron chi connectivity index (χ4n) is 2.30. The second-order valence-electron chi connectivity index (χ2n) is 5.21. The number of methoxy groups -OCH3 is 1. The van der Waals surface area contributed by atoms with Crippen molar-refractivity contribution in [2.24, 2.45) is 0 Å². The Morgan fingerprint density at radius 3 is 2.43 bits per heavy atom. The number of benzene rings is 2. The minimum Gasteiger partial charge on any atom is -0.497 e. The first-order chi connectivity index (χ1) is 11.2. The van der Waals surface area contributed by atoms with Crippen molar-refractivity contribution < 1.29 is 9.53 Å². The van der Waals surface area contributed by atoms with Crippen molar-refractivity contribution in [1.29, 1.82) is 0 Å². The molecule has 0 aliphatic heterocycles. The van der Waals surface area contributed by atoms with Gasteiger partial charge >= 0.3 is 0 Å². The van der Waals surface area contributed by atoms with Gasteiger partial charge in [0.25, 0.3) is 0 Å². The van der Waals surface area contributed by atoms with Crippen LogP contribution in [0.4, 0.5) is 0 Å². The lowest BCUT2D eigenvalue weighted by Crippen LogP contribution is -2.28. The summed E-state index contributed by atoms with van der Waals surface area (Å²) in [6, 6.07) is 18.1. The number of carbonyl (C=O) groups is 1. The second kappa shape index (κ2) is 9.26. The van der Waals surface area contributed by atoms with E-state index in [-0.39, 0.29) is 11.9 Å². The lowest BCUT2D eigenvalue weighted by Gasteiger charge is -2.17. The monoisotopic (exact) mass is 329 g/mol. The summed E-state index contributed by atoms with van der Waals surface area (Å²) < 4.78 is 5.17. The first-order valence-electron chi connectivity index (χ1n) is 7.84. The van der Waals surface area contributed by atoms with Crippen molar-refractivity contribution in [3.63, 3.8) is 0 Å². The van der Waals surface area contributed by atoms with Crippen LogP contribution in [0.25, 0.3) is 0 Å². The Labute approximate surface area is 142 Å². The summed E-state index contributed by atoms with van der Waals surface area (Å²) in [4.78, 5) is 13.3. The van der Waals surface area contributed by atoms with Gasteiger partial charge in [-0.3, -0.25) is 4.79 Å². The molecule has 0 unspecified atom stereocenters. The third kappa shape index (κ3) is 5.64. The molecule has 0 bridgehead atoms. The van der Waals surface area contributed by atoms with Crippen LogP contribution in [0.3, 0.4) is 0 Å². The number of hydrogen-bond acceptors (Lipinski definition) is 3. The Bertz CT molecular complexity index is 599. The molecule has 0 spiro atoms. The molecular weight excluding hydrogens is 306 g/mol. The lowest BCUT2D eigenvalue weighted by molar-refractivity contribution is -0.121. The number of nitrogens with one attached hydrogen (secondary N) is 1. The molecule has 1 amide bonds. The van der Waals surface area contributed by atoms with Crippen molar-refractivity contribution >= 4 is 17.7 Å². The second-order valence-corrected chi connectivity index (χ2v) is 6.38. The summed E-state index contributed by atoms with van der Waals surface area (Å²) in [7, 11) is 1.65. The molecule has 1 atom stereocenters. The van der Waals surface area contributed by atoms with Gasteiger partial charge in [0.05, 0.1) is 13.2 Å². The highest BCUT2D eigenvalue weighted by molar-refractivity contribution is 7.99. The molecule has 3 nitrogen and oxygen atoms in total. The predicted octanol–water partition coefficient (Wildman–Crippen LogP) is 4.44. The Hall–Kier alpha value is -1.94. The van der Waals surface area contributed by atoms with Crippen LogP contribution in [0.1, 0.15) is 31.4 Å². The molecule has 0 aliphatic carbocycles. The minimum absolute atomic E-state index is 0.0510. The molecule has 0 saturated carbocycles. The van der Waals surface area contributed by atoms with Gasteiger partial charge in [0.15, 0.2) is 0 Å². The molecule has 0 fully saturated rings. The van der Waals surface area contributed by atoms with Gasteiger partial charge < -0.3 is 10.1 Å². The number of hydrogen-bond donors (Lipinski definition) is 1. The smallest absolute Gasteiger partial charge is 0.221 e. The van der Waals surface area contributed by atoms with Crippen LogP contribution in [0, 0.1) is 0 Å². The van der Waals surface area contributed by atoms with E-state index in [1.54, 1.807) is 18.9 Å². The largest absolute Gasteiger partial charge is 0.497 e. The third-order valence-electron chi connectivity index (χ3n) is 3.60. The first-order valence-corrected chi connectivity index (χ1v) is 8.82. The number of thioether (sulfide) groups is 1. The van der Waals surface area contributed by atoms with Gasteiger partial charge in [-0.2, -0.15) is 0 Å². The maximum absolute atomic E-state index is 12.1. The van der Waals surface area contributed by atoms with E-state index in [1.165, 1.54) is 4.90 Å². The molecule has 122 valence electrons. The van der Waals surface area contributed by atoms with Crippen LogP contribution in [-0.4, -0.2) is 18.8 Å². The van der Waals surface area contributed by atoms with E-state index in [4.69, 9.17) is 4.74 Å². The maximum atomic E-state index is 12.1. The molecule has 2 rings (SSSR count). The van der Waals surface area contributed by atoms with Gasteiger partial charge in [0, 0.05) is 17.1 Å². The van der Waals surface area contributed by atoms with Crippen molar-refractivity contribution in [3.8, 4) is 5.75 Å². The minimum atomic E-state index is 0.0510. The van der Waals surface area contributed by atoms with Gasteiger partial charge in [0.1, 0.15) is 5.75 Å². The highest BCUT2D eigenvalue weighted by Crippen LogP contribution is 2.21. The molecule has 0 aliphatic rings.